The molecule has 37 heavy (non-hydrogen) atoms. The van der Waals surface area contributed by atoms with Crippen LogP contribution in [0.1, 0.15) is 45.7 Å². The van der Waals surface area contributed by atoms with E-state index in [-0.39, 0.29) is 11.0 Å². The number of nitrogens with one attached hydrogen (secondary N) is 1. The fourth-order valence-corrected chi connectivity index (χ4v) is 5.08. The number of nitrogen functional groups attached to an aromatic ring is 1. The van der Waals surface area contributed by atoms with Crippen molar-refractivity contribution >= 4 is 40.0 Å². The second kappa shape index (κ2) is 8.94. The molecule has 0 aliphatic carbocycles. The van der Waals surface area contributed by atoms with Crippen molar-refractivity contribution in [2.24, 2.45) is 7.05 Å². The molecule has 8 heteroatoms. The fraction of sp³-hybridized carbons (Fsp3) is 0.414. The predicted molar refractivity (Wildman–Crippen MR) is 154 cm³/mol. The van der Waals surface area contributed by atoms with Crippen LogP contribution in [0.15, 0.2) is 48.8 Å². The Labute approximate surface area is 219 Å². The van der Waals surface area contributed by atoms with Crippen LogP contribution in [0.2, 0.25) is 0 Å². The number of hydrogen-bond acceptors (Lipinski definition) is 7. The van der Waals surface area contributed by atoms with Crippen molar-refractivity contribution in [1.29, 1.82) is 0 Å². The van der Waals surface area contributed by atoms with Crippen LogP contribution in [0.5, 0.6) is 0 Å². The molecular formula is C29H38N8. The van der Waals surface area contributed by atoms with E-state index < -0.39 is 0 Å². The highest BCUT2D eigenvalue weighted by atomic mass is 15.4. The van der Waals surface area contributed by atoms with E-state index >= 15 is 0 Å². The Bertz CT molecular complexity index is 1430. The summed E-state index contributed by atoms with van der Waals surface area (Å²) in [5, 5.41) is 3.63. The average molecular weight is 499 g/mol. The van der Waals surface area contributed by atoms with Crippen molar-refractivity contribution in [3.63, 3.8) is 0 Å². The summed E-state index contributed by atoms with van der Waals surface area (Å²) in [6, 6.07) is 14.7. The molecule has 194 valence electrons. The van der Waals surface area contributed by atoms with E-state index in [1.54, 1.807) is 6.33 Å². The highest BCUT2D eigenvalue weighted by molar-refractivity contribution is 5.87. The number of fused-ring (bicyclic) bond motifs is 1. The molecule has 1 saturated heterocycles. The van der Waals surface area contributed by atoms with Crippen molar-refractivity contribution in [1.82, 2.24) is 19.5 Å². The van der Waals surface area contributed by atoms with E-state index in [1.807, 2.05) is 23.7 Å². The van der Waals surface area contributed by atoms with Gasteiger partial charge in [-0.05, 0) is 67.6 Å². The van der Waals surface area contributed by atoms with Gasteiger partial charge in [-0.2, -0.15) is 9.97 Å². The summed E-state index contributed by atoms with van der Waals surface area (Å²) in [5.74, 6) is 1.47. The van der Waals surface area contributed by atoms with Crippen LogP contribution in [-0.4, -0.2) is 44.7 Å². The van der Waals surface area contributed by atoms with E-state index in [9.17, 15) is 0 Å². The van der Waals surface area contributed by atoms with Crippen LogP contribution in [0, 0.1) is 6.92 Å². The summed E-state index contributed by atoms with van der Waals surface area (Å²) in [6.07, 6.45) is 1.80. The quantitative estimate of drug-likeness (QED) is 0.364. The first-order valence-electron chi connectivity index (χ1n) is 12.9. The third-order valence-corrected chi connectivity index (χ3v) is 7.31. The van der Waals surface area contributed by atoms with Gasteiger partial charge in [0.25, 0.3) is 0 Å². The van der Waals surface area contributed by atoms with Gasteiger partial charge < -0.3 is 25.4 Å². The van der Waals surface area contributed by atoms with Crippen LogP contribution < -0.4 is 20.9 Å². The van der Waals surface area contributed by atoms with E-state index in [2.05, 4.69) is 92.0 Å². The Morgan fingerprint density at radius 3 is 2.41 bits per heavy atom. The van der Waals surface area contributed by atoms with Gasteiger partial charge in [0.05, 0.1) is 11.9 Å². The normalized spacial score (nSPS) is 15.9. The first-order valence-corrected chi connectivity index (χ1v) is 12.9. The fourth-order valence-electron chi connectivity index (χ4n) is 5.08. The van der Waals surface area contributed by atoms with Crippen LogP contribution in [0.3, 0.4) is 0 Å². The second-order valence-electron chi connectivity index (χ2n) is 11.8. The molecule has 0 atom stereocenters. The molecule has 0 bridgehead atoms. The number of imidazole rings is 1. The van der Waals surface area contributed by atoms with Gasteiger partial charge in [0.15, 0.2) is 11.5 Å². The second-order valence-corrected chi connectivity index (χ2v) is 11.8. The maximum atomic E-state index is 5.92. The van der Waals surface area contributed by atoms with Gasteiger partial charge in [-0.3, -0.25) is 0 Å². The zero-order valence-electron chi connectivity index (χ0n) is 23.0. The van der Waals surface area contributed by atoms with E-state index in [1.165, 1.54) is 16.8 Å². The van der Waals surface area contributed by atoms with Crippen LogP contribution in [0.4, 0.5) is 28.8 Å². The van der Waals surface area contributed by atoms with Gasteiger partial charge in [-0.15, -0.1) is 0 Å². The smallest absolute Gasteiger partial charge is 0.229 e. The lowest BCUT2D eigenvalue weighted by atomic mass is 9.86. The number of benzene rings is 2. The average Bonchev–Trinajstić information content (AvgIpc) is 3.21. The summed E-state index contributed by atoms with van der Waals surface area (Å²) in [7, 11) is 1.98. The summed E-state index contributed by atoms with van der Waals surface area (Å²) < 4.78 is 1.98. The minimum absolute atomic E-state index is 0.0541. The zero-order chi connectivity index (χ0) is 26.5. The summed E-state index contributed by atoms with van der Waals surface area (Å²) in [6.45, 7) is 15.8. The van der Waals surface area contributed by atoms with Crippen LogP contribution in [-0.2, 0) is 12.5 Å². The molecule has 3 heterocycles. The summed E-state index contributed by atoms with van der Waals surface area (Å²) in [4.78, 5) is 19.2. The highest BCUT2D eigenvalue weighted by Crippen LogP contribution is 2.33. The van der Waals surface area contributed by atoms with Crippen molar-refractivity contribution in [2.75, 3.05) is 40.5 Å². The summed E-state index contributed by atoms with van der Waals surface area (Å²) >= 11 is 0. The molecule has 0 spiro atoms. The Hall–Kier alpha value is -3.81. The van der Waals surface area contributed by atoms with Crippen molar-refractivity contribution in [3.8, 4) is 0 Å². The van der Waals surface area contributed by atoms with Crippen molar-refractivity contribution in [2.45, 2.75) is 52.5 Å². The van der Waals surface area contributed by atoms with Gasteiger partial charge >= 0.3 is 0 Å². The third kappa shape index (κ3) is 4.80. The molecule has 0 amide bonds. The number of anilines is 5. The molecule has 0 radical (unpaired) electrons. The molecule has 1 aliphatic heterocycles. The topological polar surface area (TPSA) is 88.1 Å². The molecule has 1 aliphatic rings. The van der Waals surface area contributed by atoms with Gasteiger partial charge in [0.2, 0.25) is 5.95 Å². The number of hydrogen-bond donors (Lipinski definition) is 2. The zero-order valence-corrected chi connectivity index (χ0v) is 23.0. The van der Waals surface area contributed by atoms with Crippen molar-refractivity contribution < 1.29 is 0 Å². The van der Waals surface area contributed by atoms with E-state index in [0.717, 1.165) is 42.3 Å². The number of aromatic nitrogens is 4. The Morgan fingerprint density at radius 2 is 1.73 bits per heavy atom. The highest BCUT2D eigenvalue weighted by Gasteiger charge is 2.35. The molecule has 1 fully saturated rings. The molecule has 0 unspecified atom stereocenters. The van der Waals surface area contributed by atoms with Gasteiger partial charge in [-0.1, -0.05) is 32.9 Å². The Morgan fingerprint density at radius 1 is 1.00 bits per heavy atom. The number of rotatable bonds is 4. The minimum Gasteiger partial charge on any atom is -0.399 e. The van der Waals surface area contributed by atoms with Crippen molar-refractivity contribution in [3.05, 3.63) is 59.9 Å². The standard InChI is InChI=1S/C29H38N8/c1-19-8-9-20(28(2,3)4)16-23(19)32-26-24-25(31-18-35(24)7)33-27(34-26)36-14-15-37(29(5,6)17-36)22-12-10-21(30)11-13-22/h8-13,16,18H,14-15,17,30H2,1-7H3,(H,32,33,34). The lowest BCUT2D eigenvalue weighted by molar-refractivity contribution is 0.412. The molecule has 8 nitrogen and oxygen atoms in total. The largest absolute Gasteiger partial charge is 0.399 e. The predicted octanol–water partition coefficient (Wildman–Crippen LogP) is 5.40. The molecule has 3 N–H and O–H groups in total. The van der Waals surface area contributed by atoms with Gasteiger partial charge in [-0.25, -0.2) is 4.98 Å². The molecule has 5 rings (SSSR count). The Kier molecular flexibility index (Phi) is 6.01. The molecule has 0 saturated carbocycles. The number of piperazine rings is 1. The number of nitrogens with zero attached hydrogens (tertiary/aromatic N) is 6. The van der Waals surface area contributed by atoms with E-state index in [0.29, 0.717) is 11.6 Å². The van der Waals surface area contributed by atoms with Gasteiger partial charge in [0.1, 0.15) is 5.52 Å². The lowest BCUT2D eigenvalue weighted by Crippen LogP contribution is -2.60. The monoisotopic (exact) mass is 498 g/mol. The first kappa shape index (κ1) is 24.9. The first-order chi connectivity index (χ1) is 17.4. The molecular weight excluding hydrogens is 460 g/mol. The lowest BCUT2D eigenvalue weighted by Gasteiger charge is -2.48. The molecule has 2 aromatic carbocycles. The molecule has 4 aromatic rings. The SMILES string of the molecule is Cc1ccc(C(C)(C)C)cc1Nc1nc(N2CCN(c3ccc(N)cc3)C(C)(C)C2)nc2ncn(C)c12. The minimum atomic E-state index is -0.123. The third-order valence-electron chi connectivity index (χ3n) is 7.31. The number of nitrogens with two attached hydrogens (primary N) is 1. The van der Waals surface area contributed by atoms with Gasteiger partial charge in [0, 0.05) is 43.7 Å². The van der Waals surface area contributed by atoms with E-state index in [4.69, 9.17) is 15.7 Å². The number of aryl methyl sites for hydroxylation is 2. The summed E-state index contributed by atoms with van der Waals surface area (Å²) in [5.41, 5.74) is 12.9. The van der Waals surface area contributed by atoms with Crippen LogP contribution >= 0.6 is 0 Å². The van der Waals surface area contributed by atoms with Crippen LogP contribution in [0.25, 0.3) is 11.2 Å². The maximum absolute atomic E-state index is 5.92. The maximum Gasteiger partial charge on any atom is 0.229 e. The molecule has 2 aromatic heterocycles. The Balaban J connectivity index is 1.49.